The van der Waals surface area contributed by atoms with Crippen LogP contribution in [0.4, 0.5) is 10.5 Å². The average Bonchev–Trinajstić information content (AvgIpc) is 2.83. The zero-order valence-corrected chi connectivity index (χ0v) is 10.5. The number of urea groups is 1. The van der Waals surface area contributed by atoms with Crippen LogP contribution in [0.1, 0.15) is 18.4 Å². The summed E-state index contributed by atoms with van der Waals surface area (Å²) >= 11 is 0. The van der Waals surface area contributed by atoms with E-state index in [9.17, 15) is 9.59 Å². The standard InChI is InChI=1S/C13H16N2O3/c1-9(12(16)18-2)10-3-5-11(6-4-10)15-8-7-14-13(15)17/h3-6,9H,7-8H2,1-2H3,(H,14,17)/t9-/m1/s1. The molecule has 1 aromatic rings. The maximum Gasteiger partial charge on any atom is 0.321 e. The van der Waals surface area contributed by atoms with Gasteiger partial charge in [-0.05, 0) is 24.6 Å². The fourth-order valence-electron chi connectivity index (χ4n) is 1.97. The van der Waals surface area contributed by atoms with Gasteiger partial charge in [0.2, 0.25) is 0 Å². The minimum atomic E-state index is -0.295. The Morgan fingerprint density at radius 2 is 2.06 bits per heavy atom. The van der Waals surface area contributed by atoms with E-state index >= 15 is 0 Å². The van der Waals surface area contributed by atoms with Crippen LogP contribution >= 0.6 is 0 Å². The molecule has 5 nitrogen and oxygen atoms in total. The highest BCUT2D eigenvalue weighted by atomic mass is 16.5. The summed E-state index contributed by atoms with van der Waals surface area (Å²) in [6.45, 7) is 3.13. The molecule has 0 bridgehead atoms. The first kappa shape index (κ1) is 12.4. The Bertz CT molecular complexity index is 456. The maximum absolute atomic E-state index is 11.5. The monoisotopic (exact) mass is 248 g/mol. The zero-order valence-electron chi connectivity index (χ0n) is 10.5. The summed E-state index contributed by atoms with van der Waals surface area (Å²) in [6, 6.07) is 7.31. The van der Waals surface area contributed by atoms with Crippen LogP contribution in [-0.2, 0) is 9.53 Å². The molecule has 0 aromatic heterocycles. The number of hydrogen-bond acceptors (Lipinski definition) is 3. The van der Waals surface area contributed by atoms with Crippen molar-refractivity contribution >= 4 is 17.7 Å². The van der Waals surface area contributed by atoms with Gasteiger partial charge in [0.05, 0.1) is 13.0 Å². The lowest BCUT2D eigenvalue weighted by atomic mass is 10.0. The van der Waals surface area contributed by atoms with E-state index in [4.69, 9.17) is 4.74 Å². The lowest BCUT2D eigenvalue weighted by Crippen LogP contribution is -2.27. The topological polar surface area (TPSA) is 58.6 Å². The van der Waals surface area contributed by atoms with E-state index in [1.165, 1.54) is 7.11 Å². The Balaban J connectivity index is 2.15. The van der Waals surface area contributed by atoms with Crippen LogP contribution in [0.5, 0.6) is 0 Å². The van der Waals surface area contributed by atoms with Crippen LogP contribution < -0.4 is 10.2 Å². The summed E-state index contributed by atoms with van der Waals surface area (Å²) in [7, 11) is 1.38. The first-order valence-corrected chi connectivity index (χ1v) is 5.86. The number of carbonyl (C=O) groups is 2. The summed E-state index contributed by atoms with van der Waals surface area (Å²) in [5.74, 6) is -0.557. The number of carbonyl (C=O) groups excluding carboxylic acids is 2. The SMILES string of the molecule is COC(=O)[C@H](C)c1ccc(N2CCNC2=O)cc1. The number of amides is 2. The minimum Gasteiger partial charge on any atom is -0.469 e. The number of nitrogens with one attached hydrogen (secondary N) is 1. The lowest BCUT2D eigenvalue weighted by molar-refractivity contribution is -0.141. The number of nitrogens with zero attached hydrogens (tertiary/aromatic N) is 1. The third-order valence-corrected chi connectivity index (χ3v) is 3.12. The summed E-state index contributed by atoms with van der Waals surface area (Å²) in [5.41, 5.74) is 1.72. The van der Waals surface area contributed by atoms with Gasteiger partial charge in [0.1, 0.15) is 0 Å². The molecule has 1 fully saturated rings. The van der Waals surface area contributed by atoms with Gasteiger partial charge in [-0.1, -0.05) is 12.1 Å². The van der Waals surface area contributed by atoms with E-state index in [-0.39, 0.29) is 17.9 Å². The summed E-state index contributed by atoms with van der Waals surface area (Å²) in [6.07, 6.45) is 0. The highest BCUT2D eigenvalue weighted by molar-refractivity contribution is 5.94. The highest BCUT2D eigenvalue weighted by Gasteiger charge is 2.21. The Kier molecular flexibility index (Phi) is 3.50. The maximum atomic E-state index is 11.5. The molecule has 1 heterocycles. The first-order valence-electron chi connectivity index (χ1n) is 5.86. The van der Waals surface area contributed by atoms with Gasteiger partial charge in [0.25, 0.3) is 0 Å². The van der Waals surface area contributed by atoms with Crippen molar-refractivity contribution < 1.29 is 14.3 Å². The number of benzene rings is 1. The molecule has 0 spiro atoms. The molecule has 18 heavy (non-hydrogen) atoms. The predicted molar refractivity (Wildman–Crippen MR) is 67.6 cm³/mol. The van der Waals surface area contributed by atoms with Crippen molar-refractivity contribution in [1.29, 1.82) is 0 Å². The number of anilines is 1. The second-order valence-corrected chi connectivity index (χ2v) is 4.22. The van der Waals surface area contributed by atoms with Crippen LogP contribution in [0.25, 0.3) is 0 Å². The molecular formula is C13H16N2O3. The van der Waals surface area contributed by atoms with E-state index < -0.39 is 0 Å². The minimum absolute atomic E-state index is 0.0798. The predicted octanol–water partition coefficient (Wildman–Crippen LogP) is 1.49. The second-order valence-electron chi connectivity index (χ2n) is 4.22. The second kappa shape index (κ2) is 5.08. The van der Waals surface area contributed by atoms with Gasteiger partial charge in [-0.15, -0.1) is 0 Å². The molecule has 0 unspecified atom stereocenters. The van der Waals surface area contributed by atoms with Crippen LogP contribution in [-0.4, -0.2) is 32.2 Å². The van der Waals surface area contributed by atoms with E-state index in [0.29, 0.717) is 13.1 Å². The van der Waals surface area contributed by atoms with Gasteiger partial charge < -0.3 is 10.1 Å². The summed E-state index contributed by atoms with van der Waals surface area (Å²) in [5, 5.41) is 2.75. The third-order valence-electron chi connectivity index (χ3n) is 3.12. The molecule has 1 saturated heterocycles. The van der Waals surface area contributed by atoms with Crippen LogP contribution in [0, 0.1) is 0 Å². The van der Waals surface area contributed by atoms with Crippen LogP contribution in [0.2, 0.25) is 0 Å². The van der Waals surface area contributed by atoms with Gasteiger partial charge >= 0.3 is 12.0 Å². The molecule has 1 aromatic carbocycles. The molecule has 2 amide bonds. The molecule has 5 heteroatoms. The van der Waals surface area contributed by atoms with Crippen molar-refractivity contribution in [2.45, 2.75) is 12.8 Å². The van der Waals surface area contributed by atoms with Gasteiger partial charge in [-0.25, -0.2) is 4.79 Å². The van der Waals surface area contributed by atoms with E-state index in [1.54, 1.807) is 11.8 Å². The van der Waals surface area contributed by atoms with Crippen molar-refractivity contribution in [2.24, 2.45) is 0 Å². The average molecular weight is 248 g/mol. The Morgan fingerprint density at radius 1 is 1.39 bits per heavy atom. The molecule has 2 rings (SSSR count). The van der Waals surface area contributed by atoms with Gasteiger partial charge in [0, 0.05) is 18.8 Å². The third kappa shape index (κ3) is 2.30. The van der Waals surface area contributed by atoms with Gasteiger partial charge in [0.15, 0.2) is 0 Å². The fourth-order valence-corrected chi connectivity index (χ4v) is 1.97. The van der Waals surface area contributed by atoms with E-state index in [1.807, 2.05) is 24.3 Å². The smallest absolute Gasteiger partial charge is 0.321 e. The quantitative estimate of drug-likeness (QED) is 0.824. The number of hydrogen-bond donors (Lipinski definition) is 1. The first-order chi connectivity index (χ1) is 8.63. The number of rotatable bonds is 3. The highest BCUT2D eigenvalue weighted by Crippen LogP contribution is 2.22. The molecule has 96 valence electrons. The molecule has 1 aliphatic rings. The number of methoxy groups -OCH3 is 1. The van der Waals surface area contributed by atoms with Crippen molar-refractivity contribution in [3.8, 4) is 0 Å². The fraction of sp³-hybridized carbons (Fsp3) is 0.385. The Hall–Kier alpha value is -2.04. The normalized spacial score (nSPS) is 16.3. The largest absolute Gasteiger partial charge is 0.469 e. The van der Waals surface area contributed by atoms with Crippen LogP contribution in [0.15, 0.2) is 24.3 Å². The Morgan fingerprint density at radius 3 is 2.56 bits per heavy atom. The van der Waals surface area contributed by atoms with Crippen LogP contribution in [0.3, 0.4) is 0 Å². The molecular weight excluding hydrogens is 232 g/mol. The molecule has 1 atom stereocenters. The number of esters is 1. The van der Waals surface area contributed by atoms with Crippen molar-refractivity contribution in [1.82, 2.24) is 5.32 Å². The summed E-state index contributed by atoms with van der Waals surface area (Å²) in [4.78, 5) is 24.6. The van der Waals surface area contributed by atoms with Gasteiger partial charge in [-0.2, -0.15) is 0 Å². The molecule has 0 radical (unpaired) electrons. The molecule has 1 aliphatic heterocycles. The van der Waals surface area contributed by atoms with E-state index in [2.05, 4.69) is 5.32 Å². The number of ether oxygens (including phenoxy) is 1. The zero-order chi connectivity index (χ0) is 13.1. The lowest BCUT2D eigenvalue weighted by Gasteiger charge is -2.15. The molecule has 1 N–H and O–H groups in total. The van der Waals surface area contributed by atoms with Crippen molar-refractivity contribution in [3.63, 3.8) is 0 Å². The Labute approximate surface area is 106 Å². The molecule has 0 saturated carbocycles. The van der Waals surface area contributed by atoms with E-state index in [0.717, 1.165) is 11.3 Å². The summed E-state index contributed by atoms with van der Waals surface area (Å²) < 4.78 is 4.70. The van der Waals surface area contributed by atoms with Crippen molar-refractivity contribution in [2.75, 3.05) is 25.1 Å². The van der Waals surface area contributed by atoms with Crippen molar-refractivity contribution in [3.05, 3.63) is 29.8 Å². The van der Waals surface area contributed by atoms with Gasteiger partial charge in [-0.3, -0.25) is 9.69 Å². The molecule has 0 aliphatic carbocycles.